The lowest BCUT2D eigenvalue weighted by Crippen LogP contribution is -2.53. The lowest BCUT2D eigenvalue weighted by molar-refractivity contribution is -0.141. The molecule has 0 aliphatic heterocycles. The smallest absolute Gasteiger partial charge is 0.325 e. The number of carbonyl (C=O) groups is 4. The average Bonchev–Trinajstić information content (AvgIpc) is 3.03. The second kappa shape index (κ2) is 8.49. The molecule has 3 rings (SSSR count). The summed E-state index contributed by atoms with van der Waals surface area (Å²) in [6, 6.07) is 10.1. The van der Waals surface area contributed by atoms with Crippen LogP contribution in [0, 0.1) is 5.92 Å². The molecule has 1 aliphatic rings. The number of nitrogens with one attached hydrogen (secondary N) is 2. The van der Waals surface area contributed by atoms with Gasteiger partial charge in [0.15, 0.2) is 5.78 Å². The van der Waals surface area contributed by atoms with Crippen LogP contribution in [-0.2, 0) is 9.59 Å². The number of amides is 2. The molecule has 1 aliphatic carbocycles. The third-order valence-corrected chi connectivity index (χ3v) is 5.51. The molecule has 0 heterocycles. The van der Waals surface area contributed by atoms with Crippen molar-refractivity contribution in [1.29, 1.82) is 0 Å². The van der Waals surface area contributed by atoms with Gasteiger partial charge >= 0.3 is 5.97 Å². The van der Waals surface area contributed by atoms with Gasteiger partial charge in [-0.05, 0) is 24.5 Å². The van der Waals surface area contributed by atoms with Crippen molar-refractivity contribution in [3.8, 4) is 11.1 Å². The van der Waals surface area contributed by atoms with Gasteiger partial charge in [0.05, 0.1) is 0 Å². The van der Waals surface area contributed by atoms with Crippen molar-refractivity contribution in [3.63, 3.8) is 0 Å². The van der Waals surface area contributed by atoms with Crippen molar-refractivity contribution in [2.45, 2.75) is 39.3 Å². The fourth-order valence-electron chi connectivity index (χ4n) is 3.55. The van der Waals surface area contributed by atoms with Crippen molar-refractivity contribution in [2.24, 2.45) is 5.92 Å². The highest BCUT2D eigenvalue weighted by Gasteiger charge is 2.33. The Kier molecular flexibility index (Phi) is 6.01. The summed E-state index contributed by atoms with van der Waals surface area (Å²) >= 11 is 0. The van der Waals surface area contributed by atoms with Gasteiger partial charge < -0.3 is 15.7 Å². The molecule has 0 saturated carbocycles. The van der Waals surface area contributed by atoms with E-state index < -0.39 is 29.9 Å². The summed E-state index contributed by atoms with van der Waals surface area (Å²) in [4.78, 5) is 49.6. The maximum atomic E-state index is 13.2. The number of carbonyl (C=O) groups excluding carboxylic acids is 3. The highest BCUT2D eigenvalue weighted by molar-refractivity contribution is 6.24. The summed E-state index contributed by atoms with van der Waals surface area (Å²) in [6.07, 6.45) is 0.605. The number of hydrogen-bond donors (Lipinski definition) is 3. The number of benzene rings is 2. The first-order valence-corrected chi connectivity index (χ1v) is 9.87. The zero-order valence-corrected chi connectivity index (χ0v) is 17.1. The zero-order valence-electron chi connectivity index (χ0n) is 17.1. The number of fused-ring (bicyclic) bond motifs is 3. The van der Waals surface area contributed by atoms with E-state index in [1.165, 1.54) is 6.92 Å². The minimum Gasteiger partial charge on any atom is -0.480 e. The van der Waals surface area contributed by atoms with Gasteiger partial charge in [0, 0.05) is 22.3 Å². The van der Waals surface area contributed by atoms with Crippen LogP contribution < -0.4 is 10.6 Å². The van der Waals surface area contributed by atoms with Gasteiger partial charge in [-0.15, -0.1) is 0 Å². The molecule has 0 saturated heterocycles. The van der Waals surface area contributed by atoms with E-state index in [1.54, 1.807) is 42.5 Å². The van der Waals surface area contributed by atoms with Crippen LogP contribution in [0.15, 0.2) is 42.5 Å². The van der Waals surface area contributed by atoms with Gasteiger partial charge in [0.1, 0.15) is 12.1 Å². The molecule has 2 aromatic rings. The lowest BCUT2D eigenvalue weighted by atomic mass is 9.95. The number of carboxylic acid groups (broad SMARTS) is 1. The van der Waals surface area contributed by atoms with Crippen LogP contribution in [0.5, 0.6) is 0 Å². The Morgan fingerprint density at radius 1 is 0.933 bits per heavy atom. The third-order valence-electron chi connectivity index (χ3n) is 5.51. The van der Waals surface area contributed by atoms with Gasteiger partial charge in [-0.1, -0.05) is 56.7 Å². The number of aliphatic carboxylic acids is 1. The Morgan fingerprint density at radius 3 is 2.20 bits per heavy atom. The summed E-state index contributed by atoms with van der Waals surface area (Å²) in [5.41, 5.74) is 2.54. The molecule has 3 atom stereocenters. The summed E-state index contributed by atoms with van der Waals surface area (Å²) in [5.74, 6) is -2.56. The maximum absolute atomic E-state index is 13.2. The molecule has 0 bridgehead atoms. The van der Waals surface area contributed by atoms with E-state index in [9.17, 15) is 19.2 Å². The van der Waals surface area contributed by atoms with E-state index >= 15 is 0 Å². The molecule has 0 aromatic heterocycles. The van der Waals surface area contributed by atoms with E-state index in [-0.39, 0.29) is 11.7 Å². The Hall–Kier alpha value is -3.48. The third kappa shape index (κ3) is 3.83. The molecule has 0 radical (unpaired) electrons. The Balaban J connectivity index is 1.93. The topological polar surface area (TPSA) is 113 Å². The van der Waals surface area contributed by atoms with Crippen molar-refractivity contribution in [3.05, 3.63) is 59.2 Å². The molecule has 3 unspecified atom stereocenters. The van der Waals surface area contributed by atoms with Crippen LogP contribution in [-0.4, -0.2) is 40.8 Å². The van der Waals surface area contributed by atoms with Crippen molar-refractivity contribution in [1.82, 2.24) is 10.6 Å². The molecule has 2 amide bonds. The van der Waals surface area contributed by atoms with Crippen LogP contribution in [0.1, 0.15) is 53.5 Å². The molecule has 0 fully saturated rings. The van der Waals surface area contributed by atoms with Crippen LogP contribution in [0.25, 0.3) is 11.1 Å². The first kappa shape index (κ1) is 21.2. The number of rotatable bonds is 7. The summed E-state index contributed by atoms with van der Waals surface area (Å²) in [7, 11) is 0. The SMILES string of the molecule is CCC(C)C(NC(=O)c1cccc2c1-c1ccccc1C2=O)C(=O)NC(C)C(=O)O. The zero-order chi connectivity index (χ0) is 22.0. The molecule has 7 nitrogen and oxygen atoms in total. The Morgan fingerprint density at radius 2 is 1.57 bits per heavy atom. The maximum Gasteiger partial charge on any atom is 0.325 e. The number of ketones is 1. The molecule has 7 heteroatoms. The summed E-state index contributed by atoms with van der Waals surface area (Å²) in [5, 5.41) is 14.2. The second-order valence-electron chi connectivity index (χ2n) is 7.51. The van der Waals surface area contributed by atoms with Gasteiger partial charge in [-0.25, -0.2) is 0 Å². The molecular weight excluding hydrogens is 384 g/mol. The molecule has 30 heavy (non-hydrogen) atoms. The van der Waals surface area contributed by atoms with E-state index in [1.807, 2.05) is 13.8 Å². The van der Waals surface area contributed by atoms with Crippen molar-refractivity contribution in [2.75, 3.05) is 0 Å². The van der Waals surface area contributed by atoms with Crippen LogP contribution in [0.2, 0.25) is 0 Å². The minimum absolute atomic E-state index is 0.137. The highest BCUT2D eigenvalue weighted by atomic mass is 16.4. The van der Waals surface area contributed by atoms with Crippen LogP contribution >= 0.6 is 0 Å². The second-order valence-corrected chi connectivity index (χ2v) is 7.51. The predicted molar refractivity (Wildman–Crippen MR) is 111 cm³/mol. The fraction of sp³-hybridized carbons (Fsp3) is 0.304. The first-order valence-electron chi connectivity index (χ1n) is 9.87. The van der Waals surface area contributed by atoms with Gasteiger partial charge in [0.25, 0.3) is 5.91 Å². The van der Waals surface area contributed by atoms with E-state index in [2.05, 4.69) is 10.6 Å². The van der Waals surface area contributed by atoms with E-state index in [0.29, 0.717) is 34.2 Å². The molecule has 0 spiro atoms. The Bertz CT molecular complexity index is 1030. The standard InChI is InChI=1S/C23H24N2O5/c1-4-12(2)19(22(28)24-13(3)23(29)30)25-21(27)17-11-7-10-16-18(17)14-8-5-6-9-15(14)20(16)26/h5-13,19H,4H2,1-3H3,(H,24,28)(H,25,27)(H,29,30). The van der Waals surface area contributed by atoms with E-state index in [4.69, 9.17) is 5.11 Å². The molecule has 3 N–H and O–H groups in total. The molecular formula is C23H24N2O5. The average molecular weight is 408 g/mol. The molecule has 156 valence electrons. The van der Waals surface area contributed by atoms with E-state index in [0.717, 1.165) is 0 Å². The fourth-order valence-corrected chi connectivity index (χ4v) is 3.55. The quantitative estimate of drug-likeness (QED) is 0.556. The van der Waals surface area contributed by atoms with Gasteiger partial charge in [-0.3, -0.25) is 19.2 Å². The van der Waals surface area contributed by atoms with Crippen LogP contribution in [0.3, 0.4) is 0 Å². The largest absolute Gasteiger partial charge is 0.480 e. The number of hydrogen-bond acceptors (Lipinski definition) is 4. The molecule has 2 aromatic carbocycles. The highest BCUT2D eigenvalue weighted by Crippen LogP contribution is 2.38. The van der Waals surface area contributed by atoms with Gasteiger partial charge in [-0.2, -0.15) is 0 Å². The summed E-state index contributed by atoms with van der Waals surface area (Å²) in [6.45, 7) is 5.05. The number of carboxylic acids is 1. The Labute approximate surface area is 174 Å². The van der Waals surface area contributed by atoms with Gasteiger partial charge in [0.2, 0.25) is 5.91 Å². The normalized spacial score (nSPS) is 14.8. The van der Waals surface area contributed by atoms with Crippen molar-refractivity contribution >= 4 is 23.6 Å². The first-order chi connectivity index (χ1) is 14.3. The predicted octanol–water partition coefficient (Wildman–Crippen LogP) is 2.63. The summed E-state index contributed by atoms with van der Waals surface area (Å²) < 4.78 is 0. The minimum atomic E-state index is -1.16. The lowest BCUT2D eigenvalue weighted by Gasteiger charge is -2.25. The van der Waals surface area contributed by atoms with Crippen LogP contribution in [0.4, 0.5) is 0 Å². The van der Waals surface area contributed by atoms with Crippen molar-refractivity contribution < 1.29 is 24.3 Å². The monoisotopic (exact) mass is 408 g/mol.